The number of hydrogen-bond donors (Lipinski definition) is 2. The van der Waals surface area contributed by atoms with Crippen LogP contribution in [-0.2, 0) is 4.79 Å². The van der Waals surface area contributed by atoms with Crippen LogP contribution in [0.2, 0.25) is 5.02 Å². The van der Waals surface area contributed by atoms with E-state index in [1.807, 2.05) is 13.0 Å². The molecule has 5 nitrogen and oxygen atoms in total. The third kappa shape index (κ3) is 6.61. The summed E-state index contributed by atoms with van der Waals surface area (Å²) in [6, 6.07) is 12.0. The number of anilines is 2. The topological polar surface area (TPSA) is 67.4 Å². The highest BCUT2D eigenvalue weighted by molar-refractivity contribution is 6.34. The largest absolute Gasteiger partial charge is 0.494 e. The summed E-state index contributed by atoms with van der Waals surface area (Å²) in [6.07, 6.45) is 3.21. The second-order valence-corrected chi connectivity index (χ2v) is 6.58. The Balaban J connectivity index is 2.08. The van der Waals surface area contributed by atoms with Gasteiger partial charge < -0.3 is 15.4 Å². The van der Waals surface area contributed by atoms with Crippen LogP contribution in [0.4, 0.5) is 11.4 Å². The first-order chi connectivity index (χ1) is 13.0. The molecule has 2 aromatic carbocycles. The Hall–Kier alpha value is -2.53. The Kier molecular flexibility index (Phi) is 8.14. The van der Waals surface area contributed by atoms with Crippen molar-refractivity contribution in [2.75, 3.05) is 17.2 Å². The average molecular weight is 389 g/mol. The molecule has 0 aliphatic carbocycles. The second kappa shape index (κ2) is 10.6. The van der Waals surface area contributed by atoms with Crippen molar-refractivity contribution < 1.29 is 14.3 Å². The van der Waals surface area contributed by atoms with Crippen LogP contribution < -0.4 is 15.4 Å². The lowest BCUT2D eigenvalue weighted by Crippen LogP contribution is -2.14. The van der Waals surface area contributed by atoms with Gasteiger partial charge in [0.05, 0.1) is 17.3 Å². The number of carbonyl (C=O) groups excluding carboxylic acids is 2. The van der Waals surface area contributed by atoms with Gasteiger partial charge in [0.25, 0.3) is 5.91 Å². The van der Waals surface area contributed by atoms with Crippen molar-refractivity contribution >= 4 is 34.8 Å². The van der Waals surface area contributed by atoms with E-state index in [0.29, 0.717) is 40.7 Å². The van der Waals surface area contributed by atoms with Crippen LogP contribution >= 0.6 is 11.6 Å². The molecule has 2 aromatic rings. The Morgan fingerprint density at radius 3 is 2.59 bits per heavy atom. The first-order valence-electron chi connectivity index (χ1n) is 9.17. The normalized spacial score (nSPS) is 10.3. The Morgan fingerprint density at radius 1 is 1.04 bits per heavy atom. The molecule has 2 rings (SSSR count). The molecular formula is C21H25ClN2O3. The summed E-state index contributed by atoms with van der Waals surface area (Å²) in [4.78, 5) is 24.3. The van der Waals surface area contributed by atoms with Gasteiger partial charge in [0.15, 0.2) is 0 Å². The first kappa shape index (κ1) is 20.8. The van der Waals surface area contributed by atoms with Crippen molar-refractivity contribution in [3.05, 3.63) is 53.1 Å². The van der Waals surface area contributed by atoms with Crippen LogP contribution in [0, 0.1) is 0 Å². The molecule has 0 fully saturated rings. The zero-order chi connectivity index (χ0) is 19.6. The van der Waals surface area contributed by atoms with Gasteiger partial charge in [-0.25, -0.2) is 0 Å². The molecule has 0 heterocycles. The third-order valence-electron chi connectivity index (χ3n) is 3.84. The molecule has 0 bridgehead atoms. The minimum atomic E-state index is -0.296. The molecule has 0 saturated carbocycles. The van der Waals surface area contributed by atoms with Gasteiger partial charge in [0.1, 0.15) is 5.75 Å². The number of benzene rings is 2. The van der Waals surface area contributed by atoms with E-state index < -0.39 is 0 Å². The highest BCUT2D eigenvalue weighted by Gasteiger charge is 2.11. The van der Waals surface area contributed by atoms with Crippen molar-refractivity contribution in [2.24, 2.45) is 0 Å². The van der Waals surface area contributed by atoms with Crippen LogP contribution in [-0.4, -0.2) is 18.4 Å². The summed E-state index contributed by atoms with van der Waals surface area (Å²) in [5, 5.41) is 5.98. The van der Waals surface area contributed by atoms with Crippen molar-refractivity contribution in [2.45, 2.75) is 39.5 Å². The predicted octanol–water partition coefficient (Wildman–Crippen LogP) is 5.51. The Labute approximate surface area is 165 Å². The number of rotatable bonds is 9. The fraction of sp³-hybridized carbons (Fsp3) is 0.333. The second-order valence-electron chi connectivity index (χ2n) is 6.18. The first-order valence-corrected chi connectivity index (χ1v) is 9.55. The highest BCUT2D eigenvalue weighted by atomic mass is 35.5. The molecule has 27 heavy (non-hydrogen) atoms. The summed E-state index contributed by atoms with van der Waals surface area (Å²) in [7, 11) is 0. The minimum Gasteiger partial charge on any atom is -0.494 e. The third-order valence-corrected chi connectivity index (χ3v) is 4.17. The zero-order valence-electron chi connectivity index (χ0n) is 15.7. The highest BCUT2D eigenvalue weighted by Crippen LogP contribution is 2.26. The summed E-state index contributed by atoms with van der Waals surface area (Å²) in [6.45, 7) is 4.65. The summed E-state index contributed by atoms with van der Waals surface area (Å²) >= 11 is 6.19. The molecule has 0 unspecified atom stereocenters. The SMILES string of the molecule is CCCCOc1cccc(C(=O)Nc2cc(NC(=O)CCC)ccc2Cl)c1. The predicted molar refractivity (Wildman–Crippen MR) is 110 cm³/mol. The molecule has 0 aliphatic heterocycles. The maximum absolute atomic E-state index is 12.6. The quantitative estimate of drug-likeness (QED) is 0.556. The number of ether oxygens (including phenoxy) is 1. The van der Waals surface area contributed by atoms with Crippen LogP contribution in [0.15, 0.2) is 42.5 Å². The molecule has 0 saturated heterocycles. The lowest BCUT2D eigenvalue weighted by Gasteiger charge is -2.11. The molecule has 0 spiro atoms. The smallest absolute Gasteiger partial charge is 0.255 e. The van der Waals surface area contributed by atoms with Gasteiger partial charge in [0, 0.05) is 17.7 Å². The van der Waals surface area contributed by atoms with Gasteiger partial charge >= 0.3 is 0 Å². The van der Waals surface area contributed by atoms with Crippen LogP contribution in [0.1, 0.15) is 49.9 Å². The van der Waals surface area contributed by atoms with Crippen molar-refractivity contribution in [1.82, 2.24) is 0 Å². The van der Waals surface area contributed by atoms with Crippen LogP contribution in [0.3, 0.4) is 0 Å². The number of unbranched alkanes of at least 4 members (excludes halogenated alkanes) is 1. The van der Waals surface area contributed by atoms with E-state index in [0.717, 1.165) is 19.3 Å². The van der Waals surface area contributed by atoms with E-state index in [9.17, 15) is 9.59 Å². The zero-order valence-corrected chi connectivity index (χ0v) is 16.4. The van der Waals surface area contributed by atoms with Crippen molar-refractivity contribution in [3.8, 4) is 5.75 Å². The molecule has 0 aliphatic rings. The van der Waals surface area contributed by atoms with Gasteiger partial charge in [-0.2, -0.15) is 0 Å². The van der Waals surface area contributed by atoms with E-state index in [2.05, 4.69) is 17.6 Å². The summed E-state index contributed by atoms with van der Waals surface area (Å²) in [5.74, 6) is 0.284. The van der Waals surface area contributed by atoms with E-state index in [1.54, 1.807) is 36.4 Å². The van der Waals surface area contributed by atoms with Crippen LogP contribution in [0.5, 0.6) is 5.75 Å². The Bertz CT molecular complexity index is 793. The Morgan fingerprint density at radius 2 is 1.85 bits per heavy atom. The van der Waals surface area contributed by atoms with Gasteiger partial charge in [0.2, 0.25) is 5.91 Å². The fourth-order valence-electron chi connectivity index (χ4n) is 2.41. The molecule has 2 N–H and O–H groups in total. The molecular weight excluding hydrogens is 364 g/mol. The van der Waals surface area contributed by atoms with Gasteiger partial charge in [-0.15, -0.1) is 0 Å². The number of amides is 2. The maximum atomic E-state index is 12.6. The lowest BCUT2D eigenvalue weighted by atomic mass is 10.2. The van der Waals surface area contributed by atoms with Crippen molar-refractivity contribution in [1.29, 1.82) is 0 Å². The number of hydrogen-bond acceptors (Lipinski definition) is 3. The van der Waals surface area contributed by atoms with Gasteiger partial charge in [-0.05, 0) is 49.2 Å². The van der Waals surface area contributed by atoms with E-state index >= 15 is 0 Å². The summed E-state index contributed by atoms with van der Waals surface area (Å²) in [5.41, 5.74) is 1.50. The van der Waals surface area contributed by atoms with Crippen LogP contribution in [0.25, 0.3) is 0 Å². The van der Waals surface area contributed by atoms with Crippen molar-refractivity contribution in [3.63, 3.8) is 0 Å². The number of nitrogens with one attached hydrogen (secondary N) is 2. The molecule has 144 valence electrons. The average Bonchev–Trinajstić information content (AvgIpc) is 2.65. The van der Waals surface area contributed by atoms with Gasteiger partial charge in [-0.1, -0.05) is 37.9 Å². The number of halogens is 1. The molecule has 0 aromatic heterocycles. The minimum absolute atomic E-state index is 0.0750. The van der Waals surface area contributed by atoms with E-state index in [1.165, 1.54) is 0 Å². The molecule has 0 atom stereocenters. The van der Waals surface area contributed by atoms with E-state index in [-0.39, 0.29) is 11.8 Å². The lowest BCUT2D eigenvalue weighted by molar-refractivity contribution is -0.116. The molecule has 6 heteroatoms. The molecule has 0 radical (unpaired) electrons. The maximum Gasteiger partial charge on any atom is 0.255 e. The fourth-order valence-corrected chi connectivity index (χ4v) is 2.57. The summed E-state index contributed by atoms with van der Waals surface area (Å²) < 4.78 is 5.64. The standard InChI is InChI=1S/C21H25ClN2O3/c1-3-5-12-27-17-9-6-8-15(13-17)21(26)24-19-14-16(10-11-18(19)22)23-20(25)7-4-2/h6,8-11,13-14H,3-5,7,12H2,1-2H3,(H,23,25)(H,24,26). The molecule has 2 amide bonds. The van der Waals surface area contributed by atoms with E-state index in [4.69, 9.17) is 16.3 Å². The van der Waals surface area contributed by atoms with Gasteiger partial charge in [-0.3, -0.25) is 9.59 Å². The monoisotopic (exact) mass is 388 g/mol. The number of carbonyl (C=O) groups is 2.